The summed E-state index contributed by atoms with van der Waals surface area (Å²) in [6.45, 7) is 6.30. The third kappa shape index (κ3) is 10.7. The molecule has 0 saturated carbocycles. The van der Waals surface area contributed by atoms with Crippen molar-refractivity contribution in [3.8, 4) is 5.75 Å². The molecule has 0 radical (unpaired) electrons. The summed E-state index contributed by atoms with van der Waals surface area (Å²) in [4.78, 5) is 0. The van der Waals surface area contributed by atoms with Crippen LogP contribution in [0.15, 0.2) is 18.2 Å². The van der Waals surface area contributed by atoms with Crippen LogP contribution in [0.3, 0.4) is 0 Å². The molecule has 156 valence electrons. The molecule has 5 heteroatoms. The summed E-state index contributed by atoms with van der Waals surface area (Å²) in [7, 11) is -3.95. The normalized spacial score (nSPS) is 12.9. The molecule has 0 aliphatic carbocycles. The molecule has 0 spiro atoms. The van der Waals surface area contributed by atoms with Crippen molar-refractivity contribution in [1.29, 1.82) is 0 Å². The molecular formula is C22H38O4S. The fourth-order valence-electron chi connectivity index (χ4n) is 3.30. The molecule has 0 aromatic heterocycles. The predicted octanol–water partition coefficient (Wildman–Crippen LogP) is 5.98. The van der Waals surface area contributed by atoms with Gasteiger partial charge in [0.25, 0.3) is 10.1 Å². The minimum Gasteiger partial charge on any atom is -0.490 e. The number of ether oxygens (including phenoxy) is 1. The van der Waals surface area contributed by atoms with Gasteiger partial charge in [-0.15, -0.1) is 0 Å². The summed E-state index contributed by atoms with van der Waals surface area (Å²) in [5, 5.41) is 0. The lowest BCUT2D eigenvalue weighted by Gasteiger charge is -2.20. The van der Waals surface area contributed by atoms with E-state index in [9.17, 15) is 8.42 Å². The molecule has 0 amide bonds. The zero-order valence-corrected chi connectivity index (χ0v) is 18.2. The van der Waals surface area contributed by atoms with Gasteiger partial charge >= 0.3 is 0 Å². The largest absolute Gasteiger partial charge is 0.490 e. The van der Waals surface area contributed by atoms with Crippen molar-refractivity contribution in [2.75, 3.05) is 5.75 Å². The molecule has 1 atom stereocenters. The molecule has 0 heterocycles. The van der Waals surface area contributed by atoms with Crippen LogP contribution in [-0.4, -0.2) is 24.8 Å². The van der Waals surface area contributed by atoms with Crippen LogP contribution < -0.4 is 4.74 Å². The molecule has 0 aliphatic heterocycles. The summed E-state index contributed by atoms with van der Waals surface area (Å²) in [6, 6.07) is 6.24. The highest BCUT2D eigenvalue weighted by Gasteiger charge is 2.15. The van der Waals surface area contributed by atoms with E-state index < -0.39 is 10.1 Å². The maximum absolute atomic E-state index is 11.0. The van der Waals surface area contributed by atoms with Crippen LogP contribution in [0.1, 0.15) is 89.7 Å². The van der Waals surface area contributed by atoms with Gasteiger partial charge < -0.3 is 4.74 Å². The van der Waals surface area contributed by atoms with E-state index in [0.29, 0.717) is 0 Å². The first-order valence-corrected chi connectivity index (χ1v) is 12.2. The SMILES string of the molecule is CCCCCCc1cccc(OC(C)CCS(=O)(=O)O)c1CCCCCC. The molecule has 1 unspecified atom stereocenters. The average molecular weight is 399 g/mol. The number of unbranched alkanes of at least 4 members (excludes halogenated alkanes) is 6. The molecule has 0 aliphatic rings. The molecule has 1 N–H and O–H groups in total. The van der Waals surface area contributed by atoms with E-state index in [1.807, 2.05) is 19.1 Å². The Morgan fingerprint density at radius 2 is 1.59 bits per heavy atom. The number of hydrogen-bond acceptors (Lipinski definition) is 3. The van der Waals surface area contributed by atoms with E-state index >= 15 is 0 Å². The van der Waals surface area contributed by atoms with Crippen LogP contribution in [0, 0.1) is 0 Å². The minimum atomic E-state index is -3.95. The number of rotatable bonds is 15. The van der Waals surface area contributed by atoms with Crippen LogP contribution in [0.2, 0.25) is 0 Å². The van der Waals surface area contributed by atoms with Gasteiger partial charge in [-0.2, -0.15) is 8.42 Å². The van der Waals surface area contributed by atoms with Gasteiger partial charge in [0.1, 0.15) is 5.75 Å². The highest BCUT2D eigenvalue weighted by atomic mass is 32.2. The van der Waals surface area contributed by atoms with Crippen molar-refractivity contribution >= 4 is 10.1 Å². The topological polar surface area (TPSA) is 63.6 Å². The third-order valence-corrected chi connectivity index (χ3v) is 5.67. The Hall–Kier alpha value is -1.07. The minimum absolute atomic E-state index is 0.253. The molecule has 0 bridgehead atoms. The van der Waals surface area contributed by atoms with Gasteiger partial charge in [0.05, 0.1) is 11.9 Å². The highest BCUT2D eigenvalue weighted by molar-refractivity contribution is 7.85. The molecular weight excluding hydrogens is 360 g/mol. The Balaban J connectivity index is 2.82. The summed E-state index contributed by atoms with van der Waals surface area (Å²) in [6.07, 6.45) is 11.9. The van der Waals surface area contributed by atoms with Crippen LogP contribution >= 0.6 is 0 Å². The second kappa shape index (κ2) is 13.2. The van der Waals surface area contributed by atoms with E-state index in [-0.39, 0.29) is 18.3 Å². The fourth-order valence-corrected chi connectivity index (χ4v) is 3.93. The van der Waals surface area contributed by atoms with E-state index in [1.54, 1.807) is 0 Å². The number of hydrogen-bond donors (Lipinski definition) is 1. The van der Waals surface area contributed by atoms with E-state index in [1.165, 1.54) is 56.1 Å². The first-order chi connectivity index (χ1) is 12.9. The molecule has 1 aromatic carbocycles. The van der Waals surface area contributed by atoms with E-state index in [2.05, 4.69) is 19.9 Å². The van der Waals surface area contributed by atoms with Crippen molar-refractivity contribution in [3.05, 3.63) is 29.3 Å². The molecule has 0 saturated heterocycles. The Kier molecular flexibility index (Phi) is 11.7. The fraction of sp³-hybridized carbons (Fsp3) is 0.727. The predicted molar refractivity (Wildman–Crippen MR) is 113 cm³/mol. The number of aryl methyl sites for hydroxylation is 1. The van der Waals surface area contributed by atoms with Gasteiger partial charge in [0, 0.05) is 6.42 Å². The van der Waals surface area contributed by atoms with Gasteiger partial charge in [0.15, 0.2) is 0 Å². The molecule has 1 aromatic rings. The maximum atomic E-state index is 11.0. The maximum Gasteiger partial charge on any atom is 0.264 e. The van der Waals surface area contributed by atoms with Crippen molar-refractivity contribution in [2.45, 2.75) is 97.5 Å². The zero-order valence-electron chi connectivity index (χ0n) is 17.4. The summed E-state index contributed by atoms with van der Waals surface area (Å²) in [5.41, 5.74) is 2.64. The standard InChI is InChI=1S/C22H38O4S/c1-4-6-8-10-13-20-14-12-16-22(21(20)15-11-9-7-5-2)26-19(3)17-18-27(23,24)25/h12,14,16,19H,4-11,13,15,17-18H2,1-3H3,(H,23,24,25). The van der Waals surface area contributed by atoms with Crippen molar-refractivity contribution in [3.63, 3.8) is 0 Å². The highest BCUT2D eigenvalue weighted by Crippen LogP contribution is 2.28. The second-order valence-corrected chi connectivity index (χ2v) is 9.09. The molecule has 27 heavy (non-hydrogen) atoms. The van der Waals surface area contributed by atoms with Gasteiger partial charge in [-0.25, -0.2) is 0 Å². The van der Waals surface area contributed by atoms with E-state index in [4.69, 9.17) is 9.29 Å². The zero-order chi connectivity index (χ0) is 20.1. The lowest BCUT2D eigenvalue weighted by molar-refractivity contribution is 0.214. The smallest absolute Gasteiger partial charge is 0.264 e. The summed E-state index contributed by atoms with van der Waals surface area (Å²) >= 11 is 0. The van der Waals surface area contributed by atoms with Crippen molar-refractivity contribution < 1.29 is 17.7 Å². The number of benzene rings is 1. The van der Waals surface area contributed by atoms with Gasteiger partial charge in [-0.05, 0) is 49.8 Å². The molecule has 1 rings (SSSR count). The lowest BCUT2D eigenvalue weighted by Crippen LogP contribution is -2.18. The van der Waals surface area contributed by atoms with Crippen LogP contribution in [0.25, 0.3) is 0 Å². The second-order valence-electron chi connectivity index (χ2n) is 7.52. The van der Waals surface area contributed by atoms with E-state index in [0.717, 1.165) is 25.0 Å². The average Bonchev–Trinajstić information content (AvgIpc) is 2.61. The summed E-state index contributed by atoms with van der Waals surface area (Å²) in [5.74, 6) is 0.610. The first kappa shape index (κ1) is 24.0. The molecule has 0 fully saturated rings. The Labute approximate surface area is 166 Å². The monoisotopic (exact) mass is 398 g/mol. The van der Waals surface area contributed by atoms with Gasteiger partial charge in [-0.3, -0.25) is 4.55 Å². The van der Waals surface area contributed by atoms with Gasteiger partial charge in [-0.1, -0.05) is 64.5 Å². The first-order valence-electron chi connectivity index (χ1n) is 10.6. The van der Waals surface area contributed by atoms with Crippen molar-refractivity contribution in [2.24, 2.45) is 0 Å². The molecule has 4 nitrogen and oxygen atoms in total. The summed E-state index contributed by atoms with van der Waals surface area (Å²) < 4.78 is 37.0. The van der Waals surface area contributed by atoms with Crippen LogP contribution in [0.4, 0.5) is 0 Å². The lowest BCUT2D eigenvalue weighted by atomic mass is 9.95. The van der Waals surface area contributed by atoms with Crippen LogP contribution in [-0.2, 0) is 23.0 Å². The van der Waals surface area contributed by atoms with Crippen LogP contribution in [0.5, 0.6) is 5.75 Å². The Bertz CT molecular complexity index is 625. The quantitative estimate of drug-likeness (QED) is 0.292. The Morgan fingerprint density at radius 3 is 2.19 bits per heavy atom. The van der Waals surface area contributed by atoms with Gasteiger partial charge in [0.2, 0.25) is 0 Å². The van der Waals surface area contributed by atoms with Crippen molar-refractivity contribution in [1.82, 2.24) is 0 Å². The third-order valence-electron chi connectivity index (χ3n) is 4.92. The Morgan fingerprint density at radius 1 is 0.963 bits per heavy atom.